The highest BCUT2D eigenvalue weighted by Crippen LogP contribution is 2.29. The van der Waals surface area contributed by atoms with Crippen molar-refractivity contribution in [3.8, 4) is 0 Å². The Morgan fingerprint density at radius 2 is 1.90 bits per heavy atom. The highest BCUT2D eigenvalue weighted by Gasteiger charge is 2.30. The zero-order chi connectivity index (χ0) is 14.8. The molecule has 2 nitrogen and oxygen atoms in total. The van der Waals surface area contributed by atoms with Crippen LogP contribution >= 0.6 is 0 Å². The lowest BCUT2D eigenvalue weighted by atomic mass is 9.94. The normalized spacial score (nSPS) is 21.2. The largest absolute Gasteiger partial charge is 0.416 e. The Morgan fingerprint density at radius 3 is 2.45 bits per heavy atom. The zero-order valence-corrected chi connectivity index (χ0v) is 11.4. The fourth-order valence-corrected chi connectivity index (χ4v) is 2.53. The number of piperidine rings is 1. The van der Waals surface area contributed by atoms with Gasteiger partial charge in [-0.1, -0.05) is 19.1 Å². The summed E-state index contributed by atoms with van der Waals surface area (Å²) in [5.74, 6) is 0.370. The third kappa shape index (κ3) is 3.60. The van der Waals surface area contributed by atoms with Gasteiger partial charge in [0, 0.05) is 32.0 Å². The number of alkyl halides is 3. The number of likely N-dealkylation sites (tertiary alicyclic amines) is 1. The maximum Gasteiger partial charge on any atom is 0.416 e. The van der Waals surface area contributed by atoms with Crippen LogP contribution in [0.15, 0.2) is 24.3 Å². The second-order valence-electron chi connectivity index (χ2n) is 5.25. The molecule has 1 aliphatic heterocycles. The van der Waals surface area contributed by atoms with Gasteiger partial charge in [-0.3, -0.25) is 9.69 Å². The predicted molar refractivity (Wildman–Crippen MR) is 70.1 cm³/mol. The third-order valence-corrected chi connectivity index (χ3v) is 3.79. The van der Waals surface area contributed by atoms with Gasteiger partial charge in [-0.05, 0) is 24.1 Å². The quantitative estimate of drug-likeness (QED) is 0.847. The Kier molecular flexibility index (Phi) is 4.48. The Morgan fingerprint density at radius 1 is 1.25 bits per heavy atom. The Hall–Kier alpha value is -1.36. The van der Waals surface area contributed by atoms with Crippen LogP contribution in [0.4, 0.5) is 13.2 Å². The van der Waals surface area contributed by atoms with Crippen molar-refractivity contribution in [1.82, 2.24) is 4.90 Å². The van der Waals surface area contributed by atoms with Crippen molar-refractivity contribution in [3.05, 3.63) is 35.4 Å². The molecule has 2 rings (SSSR count). The summed E-state index contributed by atoms with van der Waals surface area (Å²) < 4.78 is 37.4. The van der Waals surface area contributed by atoms with E-state index >= 15 is 0 Å². The van der Waals surface area contributed by atoms with E-state index in [4.69, 9.17) is 0 Å². The van der Waals surface area contributed by atoms with Gasteiger partial charge in [-0.15, -0.1) is 0 Å². The summed E-state index contributed by atoms with van der Waals surface area (Å²) >= 11 is 0. The van der Waals surface area contributed by atoms with Gasteiger partial charge in [0.15, 0.2) is 0 Å². The first-order chi connectivity index (χ1) is 9.40. The van der Waals surface area contributed by atoms with Crippen molar-refractivity contribution in [3.63, 3.8) is 0 Å². The average Bonchev–Trinajstić information content (AvgIpc) is 2.40. The highest BCUT2D eigenvalue weighted by molar-refractivity contribution is 5.82. The number of carbonyl (C=O) groups excluding carboxylic acids is 1. The molecule has 1 aliphatic rings. The van der Waals surface area contributed by atoms with Gasteiger partial charge in [-0.25, -0.2) is 0 Å². The van der Waals surface area contributed by atoms with E-state index in [0.29, 0.717) is 31.8 Å². The molecule has 1 aromatic carbocycles. The van der Waals surface area contributed by atoms with E-state index in [0.717, 1.165) is 24.1 Å². The van der Waals surface area contributed by atoms with E-state index in [-0.39, 0.29) is 5.92 Å². The Labute approximate surface area is 116 Å². The molecule has 20 heavy (non-hydrogen) atoms. The standard InChI is InChI=1S/C15H18F3NO/c1-2-12-10-19(8-7-14(12)20)9-11-3-5-13(6-4-11)15(16,17)18/h3-6,12H,2,7-10H2,1H3. The zero-order valence-electron chi connectivity index (χ0n) is 11.4. The summed E-state index contributed by atoms with van der Waals surface area (Å²) in [6.07, 6.45) is -2.93. The molecule has 0 N–H and O–H groups in total. The number of carbonyl (C=O) groups is 1. The van der Waals surface area contributed by atoms with Crippen molar-refractivity contribution in [1.29, 1.82) is 0 Å². The number of Topliss-reactive ketones (excluding diaryl/α,β-unsaturated/α-hetero) is 1. The first kappa shape index (κ1) is 15.0. The molecule has 1 aromatic rings. The van der Waals surface area contributed by atoms with E-state index in [1.54, 1.807) is 0 Å². The van der Waals surface area contributed by atoms with Crippen molar-refractivity contribution in [2.24, 2.45) is 5.92 Å². The molecule has 0 aromatic heterocycles. The minimum atomic E-state index is -4.29. The van der Waals surface area contributed by atoms with Gasteiger partial charge in [0.05, 0.1) is 5.56 Å². The van der Waals surface area contributed by atoms with Gasteiger partial charge in [0.25, 0.3) is 0 Å². The van der Waals surface area contributed by atoms with Gasteiger partial charge < -0.3 is 0 Å². The number of rotatable bonds is 3. The van der Waals surface area contributed by atoms with Gasteiger partial charge >= 0.3 is 6.18 Å². The van der Waals surface area contributed by atoms with E-state index in [1.807, 2.05) is 6.92 Å². The van der Waals surface area contributed by atoms with Crippen LogP contribution in [0.5, 0.6) is 0 Å². The minimum absolute atomic E-state index is 0.0678. The summed E-state index contributed by atoms with van der Waals surface area (Å²) in [6, 6.07) is 5.25. The molecule has 0 spiro atoms. The van der Waals surface area contributed by atoms with E-state index < -0.39 is 11.7 Å². The van der Waals surface area contributed by atoms with Crippen molar-refractivity contribution >= 4 is 5.78 Å². The number of nitrogens with zero attached hydrogens (tertiary/aromatic N) is 1. The van der Waals surface area contributed by atoms with Crippen LogP contribution in [-0.4, -0.2) is 23.8 Å². The molecule has 1 atom stereocenters. The number of hydrogen-bond donors (Lipinski definition) is 0. The van der Waals surface area contributed by atoms with Crippen LogP contribution in [0.25, 0.3) is 0 Å². The first-order valence-electron chi connectivity index (χ1n) is 6.81. The second kappa shape index (κ2) is 5.95. The fraction of sp³-hybridized carbons (Fsp3) is 0.533. The lowest BCUT2D eigenvalue weighted by Gasteiger charge is -2.31. The molecule has 1 saturated heterocycles. The summed E-state index contributed by atoms with van der Waals surface area (Å²) in [5.41, 5.74) is 0.226. The number of halogens is 3. The fourth-order valence-electron chi connectivity index (χ4n) is 2.53. The summed E-state index contributed by atoms with van der Waals surface area (Å²) in [7, 11) is 0. The lowest BCUT2D eigenvalue weighted by molar-refractivity contribution is -0.137. The highest BCUT2D eigenvalue weighted by atomic mass is 19.4. The van der Waals surface area contributed by atoms with Crippen LogP contribution in [0.3, 0.4) is 0 Å². The van der Waals surface area contributed by atoms with Crippen LogP contribution in [0, 0.1) is 5.92 Å². The van der Waals surface area contributed by atoms with Gasteiger partial charge in [-0.2, -0.15) is 13.2 Å². The molecule has 0 saturated carbocycles. The SMILES string of the molecule is CCC1CN(Cc2ccc(C(F)(F)F)cc2)CCC1=O. The van der Waals surface area contributed by atoms with E-state index in [9.17, 15) is 18.0 Å². The van der Waals surface area contributed by atoms with Crippen molar-refractivity contribution in [2.75, 3.05) is 13.1 Å². The maximum atomic E-state index is 12.5. The van der Waals surface area contributed by atoms with Crippen molar-refractivity contribution < 1.29 is 18.0 Å². The van der Waals surface area contributed by atoms with Gasteiger partial charge in [0.2, 0.25) is 0 Å². The average molecular weight is 285 g/mol. The molecule has 0 bridgehead atoms. The van der Waals surface area contributed by atoms with Crippen LogP contribution in [0.2, 0.25) is 0 Å². The molecular formula is C15H18F3NO. The molecule has 1 unspecified atom stereocenters. The Balaban J connectivity index is 1.98. The molecule has 110 valence electrons. The monoisotopic (exact) mass is 285 g/mol. The maximum absolute atomic E-state index is 12.5. The van der Waals surface area contributed by atoms with E-state index in [1.165, 1.54) is 12.1 Å². The first-order valence-corrected chi connectivity index (χ1v) is 6.81. The van der Waals surface area contributed by atoms with Crippen LogP contribution in [-0.2, 0) is 17.5 Å². The van der Waals surface area contributed by atoms with Crippen LogP contribution < -0.4 is 0 Å². The molecule has 5 heteroatoms. The molecule has 0 radical (unpaired) electrons. The topological polar surface area (TPSA) is 20.3 Å². The molecular weight excluding hydrogens is 267 g/mol. The summed E-state index contributed by atoms with van der Waals surface area (Å²) in [6.45, 7) is 3.98. The Bertz CT molecular complexity index is 467. The minimum Gasteiger partial charge on any atom is -0.299 e. The molecule has 0 amide bonds. The number of hydrogen-bond acceptors (Lipinski definition) is 2. The van der Waals surface area contributed by atoms with Gasteiger partial charge in [0.1, 0.15) is 5.78 Å². The predicted octanol–water partition coefficient (Wildman–Crippen LogP) is 3.51. The van der Waals surface area contributed by atoms with Crippen molar-refractivity contribution in [2.45, 2.75) is 32.5 Å². The molecule has 0 aliphatic carbocycles. The smallest absolute Gasteiger partial charge is 0.299 e. The third-order valence-electron chi connectivity index (χ3n) is 3.79. The van der Waals surface area contributed by atoms with E-state index in [2.05, 4.69) is 4.90 Å². The summed E-state index contributed by atoms with van der Waals surface area (Å²) in [5, 5.41) is 0. The second-order valence-corrected chi connectivity index (χ2v) is 5.25. The number of benzene rings is 1. The van der Waals surface area contributed by atoms with Crippen LogP contribution in [0.1, 0.15) is 30.9 Å². The lowest BCUT2D eigenvalue weighted by Crippen LogP contribution is -2.40. The molecule has 1 fully saturated rings. The number of ketones is 1. The summed E-state index contributed by atoms with van der Waals surface area (Å²) in [4.78, 5) is 13.8. The molecule has 1 heterocycles.